The van der Waals surface area contributed by atoms with Crippen molar-refractivity contribution in [2.45, 2.75) is 29.9 Å². The topological polar surface area (TPSA) is 107 Å². The predicted octanol–water partition coefficient (Wildman–Crippen LogP) is 2.55. The van der Waals surface area contributed by atoms with Gasteiger partial charge in [-0.1, -0.05) is 11.8 Å². The van der Waals surface area contributed by atoms with Crippen LogP contribution in [0.5, 0.6) is 0 Å². The van der Waals surface area contributed by atoms with Gasteiger partial charge in [-0.15, -0.1) is 11.8 Å². The summed E-state index contributed by atoms with van der Waals surface area (Å²) in [5, 5.41) is 13.9. The van der Waals surface area contributed by atoms with E-state index < -0.39 is 4.92 Å². The van der Waals surface area contributed by atoms with E-state index in [9.17, 15) is 19.7 Å². The molecular formula is C16H16N4O4S2. The Balaban J connectivity index is 1.67. The van der Waals surface area contributed by atoms with Crippen molar-refractivity contribution in [1.82, 2.24) is 9.55 Å². The van der Waals surface area contributed by atoms with Crippen LogP contribution in [-0.4, -0.2) is 31.9 Å². The zero-order valence-electron chi connectivity index (χ0n) is 13.9. The predicted molar refractivity (Wildman–Crippen MR) is 101 cm³/mol. The first-order chi connectivity index (χ1) is 12.5. The molecule has 0 unspecified atom stereocenters. The molecule has 3 rings (SSSR count). The molecule has 10 heteroatoms. The van der Waals surface area contributed by atoms with Crippen molar-refractivity contribution < 1.29 is 9.72 Å². The number of non-ortho nitro benzene ring substituents is 1. The highest BCUT2D eigenvalue weighted by Crippen LogP contribution is 2.28. The molecule has 2 aromatic rings. The minimum Gasteiger partial charge on any atom is -0.325 e. The lowest BCUT2D eigenvalue weighted by Crippen LogP contribution is -2.25. The summed E-state index contributed by atoms with van der Waals surface area (Å²) in [5.74, 6) is 0.682. The van der Waals surface area contributed by atoms with E-state index in [1.165, 1.54) is 47.8 Å². The van der Waals surface area contributed by atoms with Gasteiger partial charge >= 0.3 is 0 Å². The molecule has 0 atom stereocenters. The number of rotatable bonds is 6. The van der Waals surface area contributed by atoms with E-state index in [-0.39, 0.29) is 22.9 Å². The van der Waals surface area contributed by atoms with Crippen LogP contribution in [0.3, 0.4) is 0 Å². The lowest BCUT2D eigenvalue weighted by atomic mass is 10.3. The van der Waals surface area contributed by atoms with Crippen molar-refractivity contribution in [1.29, 1.82) is 0 Å². The Bertz CT molecular complexity index is 912. The van der Waals surface area contributed by atoms with Gasteiger partial charge in [0, 0.05) is 36.5 Å². The number of aromatic nitrogens is 2. The molecule has 26 heavy (non-hydrogen) atoms. The van der Waals surface area contributed by atoms with Crippen molar-refractivity contribution in [2.75, 3.05) is 16.8 Å². The second kappa shape index (κ2) is 7.92. The fraction of sp³-hybridized carbons (Fsp3) is 0.312. The zero-order chi connectivity index (χ0) is 18.7. The minimum absolute atomic E-state index is 0.0375. The molecule has 8 nitrogen and oxygen atoms in total. The summed E-state index contributed by atoms with van der Waals surface area (Å²) in [6.07, 6.45) is 0.766. The molecule has 136 valence electrons. The summed E-state index contributed by atoms with van der Waals surface area (Å²) in [5.41, 5.74) is 1.21. The van der Waals surface area contributed by atoms with Crippen molar-refractivity contribution in [3.05, 3.63) is 50.4 Å². The lowest BCUT2D eigenvalue weighted by molar-refractivity contribution is -0.384. The fourth-order valence-electron chi connectivity index (χ4n) is 2.51. The van der Waals surface area contributed by atoms with Crippen LogP contribution in [0.15, 0.2) is 39.1 Å². The monoisotopic (exact) mass is 392 g/mol. The van der Waals surface area contributed by atoms with E-state index in [1.807, 2.05) is 6.92 Å². The van der Waals surface area contributed by atoms with Gasteiger partial charge in [-0.3, -0.25) is 24.3 Å². The molecule has 0 bridgehead atoms. The number of benzene rings is 1. The van der Waals surface area contributed by atoms with Gasteiger partial charge < -0.3 is 5.32 Å². The van der Waals surface area contributed by atoms with Crippen LogP contribution in [0.25, 0.3) is 0 Å². The Morgan fingerprint density at radius 2 is 2.15 bits per heavy atom. The molecule has 1 aliphatic rings. The Labute approximate surface area is 157 Å². The van der Waals surface area contributed by atoms with Gasteiger partial charge in [-0.25, -0.2) is 4.98 Å². The third-order valence-corrected chi connectivity index (χ3v) is 5.84. The second-order valence-corrected chi connectivity index (χ2v) is 7.51. The van der Waals surface area contributed by atoms with Gasteiger partial charge in [0.2, 0.25) is 5.91 Å². The number of carbonyl (C=O) groups is 1. The third-order valence-electron chi connectivity index (χ3n) is 3.76. The van der Waals surface area contributed by atoms with Crippen LogP contribution in [0.4, 0.5) is 11.4 Å². The number of carbonyl (C=O) groups excluding carboxylic acids is 1. The van der Waals surface area contributed by atoms with Gasteiger partial charge in [0.15, 0.2) is 5.16 Å². The molecule has 0 saturated heterocycles. The van der Waals surface area contributed by atoms with Gasteiger partial charge in [0.25, 0.3) is 11.2 Å². The molecule has 1 N–H and O–H groups in total. The summed E-state index contributed by atoms with van der Waals surface area (Å²) >= 11 is 2.74. The average Bonchev–Trinajstić information content (AvgIpc) is 3.09. The van der Waals surface area contributed by atoms with Crippen molar-refractivity contribution in [2.24, 2.45) is 0 Å². The molecule has 0 radical (unpaired) electrons. The zero-order valence-corrected chi connectivity index (χ0v) is 15.6. The van der Waals surface area contributed by atoms with Crippen molar-refractivity contribution >= 4 is 40.8 Å². The number of thioether (sulfide) groups is 2. The number of fused-ring (bicyclic) bond motifs is 1. The number of hydrogen-bond acceptors (Lipinski definition) is 7. The summed E-state index contributed by atoms with van der Waals surface area (Å²) in [6.45, 7) is 2.36. The second-order valence-electron chi connectivity index (χ2n) is 5.46. The SMILES string of the molecule is CCn1c(SCC(=O)Nc2ccc([N+](=O)[O-])cc2)nc2c(c1=O)SCC2. The highest BCUT2D eigenvalue weighted by atomic mass is 32.2. The fourth-order valence-corrected chi connectivity index (χ4v) is 4.43. The number of nitrogens with zero attached hydrogens (tertiary/aromatic N) is 3. The van der Waals surface area contributed by atoms with Crippen LogP contribution in [0.2, 0.25) is 0 Å². The van der Waals surface area contributed by atoms with E-state index in [2.05, 4.69) is 10.3 Å². The first kappa shape index (κ1) is 18.5. The summed E-state index contributed by atoms with van der Waals surface area (Å²) in [4.78, 5) is 40.0. The molecule has 0 aliphatic carbocycles. The summed E-state index contributed by atoms with van der Waals surface area (Å²) in [6, 6.07) is 5.62. The molecule has 1 aromatic carbocycles. The van der Waals surface area contributed by atoms with Gasteiger partial charge in [-0.2, -0.15) is 0 Å². The normalized spacial score (nSPS) is 12.7. The molecule has 1 aromatic heterocycles. The maximum absolute atomic E-state index is 12.5. The molecule has 1 aliphatic heterocycles. The van der Waals surface area contributed by atoms with Crippen molar-refractivity contribution in [3.8, 4) is 0 Å². The Morgan fingerprint density at radius 1 is 1.42 bits per heavy atom. The molecule has 1 amide bonds. The van der Waals surface area contributed by atoms with Crippen molar-refractivity contribution in [3.63, 3.8) is 0 Å². The number of nitrogens with one attached hydrogen (secondary N) is 1. The van der Waals surface area contributed by atoms with Crippen LogP contribution >= 0.6 is 23.5 Å². The quantitative estimate of drug-likeness (QED) is 0.348. The van der Waals surface area contributed by atoms with E-state index in [4.69, 9.17) is 0 Å². The highest BCUT2D eigenvalue weighted by Gasteiger charge is 2.21. The van der Waals surface area contributed by atoms with E-state index >= 15 is 0 Å². The van der Waals surface area contributed by atoms with E-state index in [0.29, 0.717) is 22.3 Å². The Hall–Kier alpha value is -2.33. The van der Waals surface area contributed by atoms with E-state index in [0.717, 1.165) is 17.9 Å². The summed E-state index contributed by atoms with van der Waals surface area (Å²) in [7, 11) is 0. The van der Waals surface area contributed by atoms with Crippen LogP contribution in [-0.2, 0) is 17.8 Å². The first-order valence-electron chi connectivity index (χ1n) is 7.93. The largest absolute Gasteiger partial charge is 0.325 e. The summed E-state index contributed by atoms with van der Waals surface area (Å²) < 4.78 is 1.58. The number of anilines is 1. The van der Waals surface area contributed by atoms with Gasteiger partial charge in [0.05, 0.1) is 21.3 Å². The average molecular weight is 392 g/mol. The number of aryl methyl sites for hydroxylation is 1. The number of amides is 1. The maximum Gasteiger partial charge on any atom is 0.269 e. The highest BCUT2D eigenvalue weighted by molar-refractivity contribution is 8.00. The van der Waals surface area contributed by atoms with E-state index in [1.54, 1.807) is 4.57 Å². The van der Waals surface area contributed by atoms with Gasteiger partial charge in [-0.05, 0) is 19.1 Å². The molecule has 0 fully saturated rings. The maximum atomic E-state index is 12.5. The van der Waals surface area contributed by atoms with Crippen LogP contribution in [0.1, 0.15) is 12.6 Å². The molecule has 2 heterocycles. The Morgan fingerprint density at radius 3 is 2.81 bits per heavy atom. The Kier molecular flexibility index (Phi) is 5.62. The standard InChI is InChI=1S/C16H16N4O4S2/c1-2-19-15(22)14-12(7-8-25-14)18-16(19)26-9-13(21)17-10-3-5-11(6-4-10)20(23)24/h3-6H,2,7-9H2,1H3,(H,17,21). The smallest absolute Gasteiger partial charge is 0.269 e. The number of nitro groups is 1. The minimum atomic E-state index is -0.497. The third kappa shape index (κ3) is 3.91. The molecular weight excluding hydrogens is 376 g/mol. The van der Waals surface area contributed by atoms with Gasteiger partial charge in [0.1, 0.15) is 0 Å². The lowest BCUT2D eigenvalue weighted by Gasteiger charge is -2.11. The van der Waals surface area contributed by atoms with Crippen LogP contribution < -0.4 is 10.9 Å². The number of hydrogen-bond donors (Lipinski definition) is 1. The number of nitro benzene ring substituents is 1. The first-order valence-corrected chi connectivity index (χ1v) is 9.90. The molecule has 0 spiro atoms. The van der Waals surface area contributed by atoms with Crippen LogP contribution in [0, 0.1) is 10.1 Å². The molecule has 0 saturated carbocycles.